The molecule has 0 bridgehead atoms. The highest BCUT2D eigenvalue weighted by Crippen LogP contribution is 2.22. The van der Waals surface area contributed by atoms with Crippen LogP contribution in [0.5, 0.6) is 0 Å². The Kier molecular flexibility index (Phi) is 8.30. The first-order chi connectivity index (χ1) is 9.98. The molecule has 1 rings (SSSR count). The molecule has 0 saturated carbocycles. The summed E-state index contributed by atoms with van der Waals surface area (Å²) in [6, 6.07) is 7.72. The van der Waals surface area contributed by atoms with Gasteiger partial charge in [0.1, 0.15) is 9.84 Å². The van der Waals surface area contributed by atoms with E-state index in [1.165, 1.54) is 0 Å². The van der Waals surface area contributed by atoms with Crippen molar-refractivity contribution < 1.29 is 8.42 Å². The van der Waals surface area contributed by atoms with E-state index in [9.17, 15) is 8.42 Å². The lowest BCUT2D eigenvalue weighted by Gasteiger charge is -2.18. The lowest BCUT2D eigenvalue weighted by atomic mass is 9.96. The third-order valence-electron chi connectivity index (χ3n) is 3.45. The largest absolute Gasteiger partial charge is 0.316 e. The zero-order valence-corrected chi connectivity index (χ0v) is 14.5. The maximum absolute atomic E-state index is 11.9. The third-order valence-corrected chi connectivity index (χ3v) is 5.59. The summed E-state index contributed by atoms with van der Waals surface area (Å²) in [4.78, 5) is 0. The van der Waals surface area contributed by atoms with Gasteiger partial charge in [0.15, 0.2) is 0 Å². The number of rotatable bonds is 10. The Hall–Kier alpha value is -0.580. The van der Waals surface area contributed by atoms with Crippen LogP contribution < -0.4 is 5.32 Å². The van der Waals surface area contributed by atoms with Gasteiger partial charge in [0.05, 0.1) is 5.75 Å². The van der Waals surface area contributed by atoms with Crippen molar-refractivity contribution in [2.45, 2.75) is 39.0 Å². The molecule has 0 heterocycles. The molecule has 0 amide bonds. The van der Waals surface area contributed by atoms with Crippen molar-refractivity contribution in [3.63, 3.8) is 0 Å². The molecule has 0 saturated heterocycles. The maximum atomic E-state index is 11.9. The van der Waals surface area contributed by atoms with Crippen LogP contribution in [0.1, 0.15) is 44.6 Å². The average molecular weight is 332 g/mol. The molecule has 1 aromatic rings. The number of benzene rings is 1. The summed E-state index contributed by atoms with van der Waals surface area (Å²) < 4.78 is 23.8. The second-order valence-corrected chi connectivity index (χ2v) is 8.13. The molecular formula is C16H26ClNO2S. The Morgan fingerprint density at radius 2 is 1.76 bits per heavy atom. The van der Waals surface area contributed by atoms with E-state index in [1.54, 1.807) is 0 Å². The van der Waals surface area contributed by atoms with Crippen LogP contribution in [0.4, 0.5) is 0 Å². The second kappa shape index (κ2) is 9.44. The van der Waals surface area contributed by atoms with E-state index < -0.39 is 9.84 Å². The first-order valence-corrected chi connectivity index (χ1v) is 9.85. The van der Waals surface area contributed by atoms with Gasteiger partial charge in [-0.15, -0.1) is 0 Å². The minimum absolute atomic E-state index is 0.209. The number of sulfone groups is 1. The Morgan fingerprint density at radius 1 is 1.10 bits per heavy atom. The molecule has 0 spiro atoms. The first-order valence-electron chi connectivity index (χ1n) is 7.65. The second-order valence-electron chi connectivity index (χ2n) is 5.39. The van der Waals surface area contributed by atoms with Gasteiger partial charge in [0.25, 0.3) is 0 Å². The summed E-state index contributed by atoms with van der Waals surface area (Å²) in [6.45, 7) is 5.77. The van der Waals surface area contributed by atoms with E-state index in [0.29, 0.717) is 17.9 Å². The quantitative estimate of drug-likeness (QED) is 0.666. The molecule has 1 atom stereocenters. The summed E-state index contributed by atoms with van der Waals surface area (Å²) in [5.41, 5.74) is 1.15. The van der Waals surface area contributed by atoms with Gasteiger partial charge >= 0.3 is 0 Å². The molecule has 5 heteroatoms. The molecule has 0 aliphatic rings. The van der Waals surface area contributed by atoms with Crippen molar-refractivity contribution in [1.82, 2.24) is 5.32 Å². The normalized spacial score (nSPS) is 13.3. The van der Waals surface area contributed by atoms with Gasteiger partial charge in [-0.1, -0.05) is 37.6 Å². The Morgan fingerprint density at radius 3 is 2.33 bits per heavy atom. The SMILES string of the molecule is CCCNCC(CCS(=O)(=O)CCC)c1ccc(Cl)cc1. The van der Waals surface area contributed by atoms with Crippen molar-refractivity contribution in [2.24, 2.45) is 0 Å². The minimum Gasteiger partial charge on any atom is -0.316 e. The minimum atomic E-state index is -2.93. The molecule has 0 aliphatic carbocycles. The van der Waals surface area contributed by atoms with E-state index in [0.717, 1.165) is 25.1 Å². The molecule has 0 radical (unpaired) electrons. The van der Waals surface area contributed by atoms with Crippen molar-refractivity contribution in [3.05, 3.63) is 34.9 Å². The highest BCUT2D eigenvalue weighted by atomic mass is 35.5. The zero-order chi connectivity index (χ0) is 15.7. The monoisotopic (exact) mass is 331 g/mol. The number of halogens is 1. The first kappa shape index (κ1) is 18.5. The molecule has 1 N–H and O–H groups in total. The van der Waals surface area contributed by atoms with Crippen molar-refractivity contribution in [1.29, 1.82) is 0 Å². The lowest BCUT2D eigenvalue weighted by molar-refractivity contribution is 0.554. The number of hydrogen-bond donors (Lipinski definition) is 1. The molecule has 1 unspecified atom stereocenters. The fourth-order valence-corrected chi connectivity index (χ4v) is 3.91. The molecule has 120 valence electrons. The summed E-state index contributed by atoms with van der Waals surface area (Å²) in [5, 5.41) is 4.09. The van der Waals surface area contributed by atoms with Crippen LogP contribution in [0.15, 0.2) is 24.3 Å². The third kappa shape index (κ3) is 7.30. The number of nitrogens with one attached hydrogen (secondary N) is 1. The van der Waals surface area contributed by atoms with Gasteiger partial charge in [-0.2, -0.15) is 0 Å². The maximum Gasteiger partial charge on any atom is 0.150 e. The van der Waals surface area contributed by atoms with Crippen LogP contribution in [0.3, 0.4) is 0 Å². The highest BCUT2D eigenvalue weighted by Gasteiger charge is 2.16. The fraction of sp³-hybridized carbons (Fsp3) is 0.625. The van der Waals surface area contributed by atoms with Gasteiger partial charge in [-0.25, -0.2) is 8.42 Å². The van der Waals surface area contributed by atoms with Crippen LogP contribution in [0.25, 0.3) is 0 Å². The predicted molar refractivity (Wildman–Crippen MR) is 90.9 cm³/mol. The van der Waals surface area contributed by atoms with Crippen molar-refractivity contribution >= 4 is 21.4 Å². The Bertz CT molecular complexity index is 500. The Balaban J connectivity index is 2.70. The fourth-order valence-electron chi connectivity index (χ4n) is 2.31. The van der Waals surface area contributed by atoms with Gasteiger partial charge in [-0.05, 0) is 49.4 Å². The standard InChI is InChI=1S/C16H26ClNO2S/c1-3-10-18-13-15(9-12-21(19,20)11-4-2)14-5-7-16(17)8-6-14/h5-8,15,18H,3-4,9-13H2,1-2H3. The van der Waals surface area contributed by atoms with Gasteiger partial charge < -0.3 is 5.32 Å². The predicted octanol–water partition coefficient (Wildman–Crippen LogP) is 3.64. The Labute approximate surface area is 134 Å². The van der Waals surface area contributed by atoms with E-state index in [2.05, 4.69) is 12.2 Å². The van der Waals surface area contributed by atoms with Crippen molar-refractivity contribution in [2.75, 3.05) is 24.6 Å². The van der Waals surface area contributed by atoms with Gasteiger partial charge in [0.2, 0.25) is 0 Å². The van der Waals surface area contributed by atoms with Crippen molar-refractivity contribution in [3.8, 4) is 0 Å². The lowest BCUT2D eigenvalue weighted by Crippen LogP contribution is -2.24. The van der Waals surface area contributed by atoms with Crippen LogP contribution in [-0.2, 0) is 9.84 Å². The molecule has 0 aliphatic heterocycles. The molecule has 0 fully saturated rings. The smallest absolute Gasteiger partial charge is 0.150 e. The summed E-state index contributed by atoms with van der Waals surface area (Å²) in [7, 11) is -2.93. The van der Waals surface area contributed by atoms with Crippen LogP contribution >= 0.6 is 11.6 Å². The zero-order valence-electron chi connectivity index (χ0n) is 12.9. The topological polar surface area (TPSA) is 46.2 Å². The van der Waals surface area contributed by atoms with E-state index in [4.69, 9.17) is 11.6 Å². The number of hydrogen-bond acceptors (Lipinski definition) is 3. The van der Waals surface area contributed by atoms with Crippen LogP contribution in [0.2, 0.25) is 5.02 Å². The summed E-state index contributed by atoms with van der Waals surface area (Å²) in [6.07, 6.45) is 2.41. The molecule has 3 nitrogen and oxygen atoms in total. The van der Waals surface area contributed by atoms with E-state index in [-0.39, 0.29) is 17.4 Å². The molecule has 21 heavy (non-hydrogen) atoms. The van der Waals surface area contributed by atoms with Crippen LogP contribution in [0, 0.1) is 0 Å². The highest BCUT2D eigenvalue weighted by molar-refractivity contribution is 7.91. The van der Waals surface area contributed by atoms with Crippen LogP contribution in [-0.4, -0.2) is 33.0 Å². The van der Waals surface area contributed by atoms with E-state index in [1.807, 2.05) is 31.2 Å². The molecule has 0 aromatic heterocycles. The average Bonchev–Trinajstić information content (AvgIpc) is 2.44. The van der Waals surface area contributed by atoms with Gasteiger partial charge in [-0.3, -0.25) is 0 Å². The van der Waals surface area contributed by atoms with Gasteiger partial charge in [0, 0.05) is 17.3 Å². The van der Waals surface area contributed by atoms with E-state index >= 15 is 0 Å². The molecular weight excluding hydrogens is 306 g/mol. The molecule has 1 aromatic carbocycles. The summed E-state index contributed by atoms with van der Waals surface area (Å²) >= 11 is 5.92. The summed E-state index contributed by atoms with van der Waals surface area (Å²) in [5.74, 6) is 0.741.